The number of carbonyl (C=O) groups excluding carboxylic acids is 3. The molecule has 216 valence electrons. The van der Waals surface area contributed by atoms with Crippen molar-refractivity contribution in [3.05, 3.63) is 78.1 Å². The van der Waals surface area contributed by atoms with E-state index in [0.717, 1.165) is 0 Å². The summed E-state index contributed by atoms with van der Waals surface area (Å²) < 4.78 is 30.1. The van der Waals surface area contributed by atoms with Gasteiger partial charge in [0.05, 0.1) is 25.6 Å². The molecule has 3 N–H and O–H groups in total. The average molecular weight is 565 g/mol. The molecule has 0 radical (unpaired) electrons. The minimum atomic E-state index is -0.987. The number of para-hydroxylation sites is 1. The van der Waals surface area contributed by atoms with Crippen LogP contribution in [0, 0.1) is 17.7 Å². The van der Waals surface area contributed by atoms with Crippen LogP contribution in [0.25, 0.3) is 0 Å². The number of halogens is 1. The summed E-state index contributed by atoms with van der Waals surface area (Å²) in [5, 5.41) is 9.19. The van der Waals surface area contributed by atoms with Gasteiger partial charge in [0, 0.05) is 5.69 Å². The van der Waals surface area contributed by atoms with Gasteiger partial charge in [-0.2, -0.15) is 5.10 Å². The summed E-state index contributed by atoms with van der Waals surface area (Å²) in [4.78, 5) is 37.9. The number of hydrogen-bond acceptors (Lipinski definition) is 7. The molecule has 0 saturated heterocycles. The molecular formula is C30H33FN4O6. The highest BCUT2D eigenvalue weighted by Gasteiger charge is 2.30. The quantitative estimate of drug-likeness (QED) is 0.158. The zero-order chi connectivity index (χ0) is 29.8. The first kappa shape index (κ1) is 30.6. The van der Waals surface area contributed by atoms with Crippen molar-refractivity contribution in [1.29, 1.82) is 0 Å². The third-order valence-corrected chi connectivity index (χ3v) is 5.75. The summed E-state index contributed by atoms with van der Waals surface area (Å²) in [6, 6.07) is 17.5. The first-order valence-electron chi connectivity index (χ1n) is 12.9. The van der Waals surface area contributed by atoms with E-state index in [1.807, 2.05) is 0 Å². The number of rotatable bonds is 13. The van der Waals surface area contributed by atoms with Crippen molar-refractivity contribution in [1.82, 2.24) is 5.43 Å². The van der Waals surface area contributed by atoms with Gasteiger partial charge in [-0.15, -0.1) is 0 Å². The second-order valence-electron chi connectivity index (χ2n) is 9.13. The molecule has 0 heterocycles. The highest BCUT2D eigenvalue weighted by atomic mass is 19.1. The van der Waals surface area contributed by atoms with Crippen LogP contribution in [-0.4, -0.2) is 44.3 Å². The number of anilines is 2. The van der Waals surface area contributed by atoms with Crippen LogP contribution < -0.4 is 30.3 Å². The number of carbonyl (C=O) groups is 3. The molecule has 0 bridgehead atoms. The lowest BCUT2D eigenvalue weighted by molar-refractivity contribution is -0.134. The molecule has 11 heteroatoms. The number of ether oxygens (including phenoxy) is 3. The second-order valence-corrected chi connectivity index (χ2v) is 9.13. The Bertz CT molecular complexity index is 1380. The number of benzene rings is 3. The fourth-order valence-corrected chi connectivity index (χ4v) is 3.74. The molecule has 3 aromatic rings. The Balaban J connectivity index is 1.60. The van der Waals surface area contributed by atoms with Gasteiger partial charge >= 0.3 is 0 Å². The number of hydrazone groups is 1. The fourth-order valence-electron chi connectivity index (χ4n) is 3.74. The number of methoxy groups -OCH3 is 1. The highest BCUT2D eigenvalue weighted by molar-refractivity contribution is 6.06. The van der Waals surface area contributed by atoms with Gasteiger partial charge in [-0.1, -0.05) is 26.0 Å². The van der Waals surface area contributed by atoms with Crippen molar-refractivity contribution in [3.63, 3.8) is 0 Å². The normalized spacial score (nSPS) is 11.6. The summed E-state index contributed by atoms with van der Waals surface area (Å²) in [6.45, 7) is 5.29. The Kier molecular flexibility index (Phi) is 11.2. The molecule has 3 amide bonds. The van der Waals surface area contributed by atoms with Crippen LogP contribution in [0.15, 0.2) is 71.8 Å². The summed E-state index contributed by atoms with van der Waals surface area (Å²) in [5.41, 5.74) is 3.58. The van der Waals surface area contributed by atoms with E-state index in [9.17, 15) is 18.8 Å². The lowest BCUT2D eigenvalue weighted by Crippen LogP contribution is -2.39. The maximum atomic E-state index is 13.8. The van der Waals surface area contributed by atoms with E-state index in [2.05, 4.69) is 21.2 Å². The monoisotopic (exact) mass is 564 g/mol. The minimum absolute atomic E-state index is 0.0534. The van der Waals surface area contributed by atoms with Gasteiger partial charge in [0.1, 0.15) is 17.5 Å². The number of nitrogens with zero attached hydrogens (tertiary/aromatic N) is 1. The molecule has 1 atom stereocenters. The lowest BCUT2D eigenvalue weighted by Gasteiger charge is -2.18. The van der Waals surface area contributed by atoms with Crippen LogP contribution >= 0.6 is 0 Å². The molecule has 0 fully saturated rings. The van der Waals surface area contributed by atoms with Gasteiger partial charge in [-0.25, -0.2) is 9.82 Å². The molecule has 0 saturated carbocycles. The van der Waals surface area contributed by atoms with E-state index in [-0.39, 0.29) is 18.2 Å². The molecule has 10 nitrogen and oxygen atoms in total. The summed E-state index contributed by atoms with van der Waals surface area (Å²) in [5.74, 6) is -2.10. The van der Waals surface area contributed by atoms with E-state index in [0.29, 0.717) is 35.1 Å². The molecular weight excluding hydrogens is 531 g/mol. The van der Waals surface area contributed by atoms with Crippen molar-refractivity contribution in [2.24, 2.45) is 16.9 Å². The van der Waals surface area contributed by atoms with Crippen LogP contribution in [-0.2, 0) is 14.4 Å². The van der Waals surface area contributed by atoms with Crippen molar-refractivity contribution >= 4 is 35.3 Å². The zero-order valence-corrected chi connectivity index (χ0v) is 23.3. The Morgan fingerprint density at radius 1 is 0.927 bits per heavy atom. The molecule has 0 aliphatic rings. The summed E-state index contributed by atoms with van der Waals surface area (Å²) in [6.07, 6.45) is 1.40. The van der Waals surface area contributed by atoms with Crippen LogP contribution in [0.2, 0.25) is 0 Å². The van der Waals surface area contributed by atoms with Gasteiger partial charge in [0.15, 0.2) is 18.1 Å². The predicted octanol–water partition coefficient (Wildman–Crippen LogP) is 4.61. The SMILES string of the molecule is CCOc1cc(C=NNC(=O)C(C(=O)Nc2ccc(OC)cc2)C(C)C)ccc1OCC(=O)Nc1ccccc1F. The Morgan fingerprint density at radius 3 is 2.32 bits per heavy atom. The molecule has 3 rings (SSSR count). The number of nitrogens with one attached hydrogen (secondary N) is 3. The Labute approximate surface area is 237 Å². The van der Waals surface area contributed by atoms with E-state index in [1.165, 1.54) is 24.4 Å². The number of hydrogen-bond donors (Lipinski definition) is 3. The maximum Gasteiger partial charge on any atom is 0.262 e. The molecule has 0 spiro atoms. The first-order valence-corrected chi connectivity index (χ1v) is 12.9. The van der Waals surface area contributed by atoms with E-state index < -0.39 is 29.5 Å². The third kappa shape index (κ3) is 9.06. The number of amides is 3. The summed E-state index contributed by atoms with van der Waals surface area (Å²) in [7, 11) is 1.55. The fraction of sp³-hybridized carbons (Fsp3) is 0.267. The minimum Gasteiger partial charge on any atom is -0.497 e. The van der Waals surface area contributed by atoms with Crippen molar-refractivity contribution in [2.75, 3.05) is 31.0 Å². The standard InChI is InChI=1S/C30H33FN4O6/c1-5-40-26-16-20(10-15-25(26)41-18-27(36)34-24-9-7-6-8-23(24)31)17-32-35-30(38)28(19(2)3)29(37)33-21-11-13-22(39-4)14-12-21/h6-17,19,28H,5,18H2,1-4H3,(H,33,37)(H,34,36)(H,35,38). The van der Waals surface area contributed by atoms with Crippen molar-refractivity contribution in [2.45, 2.75) is 20.8 Å². The van der Waals surface area contributed by atoms with Gasteiger partial charge in [0.2, 0.25) is 5.91 Å². The third-order valence-electron chi connectivity index (χ3n) is 5.75. The summed E-state index contributed by atoms with van der Waals surface area (Å²) >= 11 is 0. The van der Waals surface area contributed by atoms with Gasteiger partial charge < -0.3 is 24.8 Å². The molecule has 0 aliphatic heterocycles. The lowest BCUT2D eigenvalue weighted by atomic mass is 9.94. The first-order chi connectivity index (χ1) is 19.7. The zero-order valence-electron chi connectivity index (χ0n) is 23.3. The molecule has 3 aromatic carbocycles. The van der Waals surface area contributed by atoms with Crippen LogP contribution in [0.1, 0.15) is 26.3 Å². The molecule has 41 heavy (non-hydrogen) atoms. The molecule has 0 aromatic heterocycles. The smallest absolute Gasteiger partial charge is 0.262 e. The average Bonchev–Trinajstić information content (AvgIpc) is 2.94. The molecule has 1 unspecified atom stereocenters. The van der Waals surface area contributed by atoms with Gasteiger partial charge in [0.25, 0.3) is 11.8 Å². The van der Waals surface area contributed by atoms with Crippen molar-refractivity contribution in [3.8, 4) is 17.2 Å². The highest BCUT2D eigenvalue weighted by Crippen LogP contribution is 2.28. The Morgan fingerprint density at radius 2 is 1.66 bits per heavy atom. The Hall–Kier alpha value is -4.93. The van der Waals surface area contributed by atoms with Crippen LogP contribution in [0.5, 0.6) is 17.2 Å². The van der Waals surface area contributed by atoms with Gasteiger partial charge in [-0.3, -0.25) is 14.4 Å². The van der Waals surface area contributed by atoms with Crippen LogP contribution in [0.4, 0.5) is 15.8 Å². The predicted molar refractivity (Wildman–Crippen MR) is 154 cm³/mol. The molecule has 0 aliphatic carbocycles. The van der Waals surface area contributed by atoms with Crippen LogP contribution in [0.3, 0.4) is 0 Å². The van der Waals surface area contributed by atoms with Crippen molar-refractivity contribution < 1.29 is 33.0 Å². The van der Waals surface area contributed by atoms with E-state index in [1.54, 1.807) is 76.4 Å². The van der Waals surface area contributed by atoms with E-state index >= 15 is 0 Å². The topological polar surface area (TPSA) is 127 Å². The largest absolute Gasteiger partial charge is 0.497 e. The van der Waals surface area contributed by atoms with E-state index in [4.69, 9.17) is 14.2 Å². The second kappa shape index (κ2) is 15.0. The van der Waals surface area contributed by atoms with Gasteiger partial charge in [-0.05, 0) is 73.0 Å². The maximum absolute atomic E-state index is 13.8.